The molecule has 0 aromatic carbocycles. The first kappa shape index (κ1) is 16.6. The molecule has 26 heavy (non-hydrogen) atoms. The molecule has 1 saturated heterocycles. The molecule has 1 aliphatic rings. The molecule has 136 valence electrons. The van der Waals surface area contributed by atoms with Crippen molar-refractivity contribution >= 4 is 11.5 Å². The normalized spacial score (nSPS) is 17.4. The van der Waals surface area contributed by atoms with Gasteiger partial charge in [0.05, 0.1) is 17.3 Å². The Hall–Kier alpha value is -2.90. The predicted octanol–water partition coefficient (Wildman–Crippen LogP) is 2.38. The van der Waals surface area contributed by atoms with E-state index in [1.54, 1.807) is 10.7 Å². The third kappa shape index (κ3) is 2.81. The third-order valence-electron chi connectivity index (χ3n) is 4.80. The van der Waals surface area contributed by atoms with Gasteiger partial charge in [0.15, 0.2) is 0 Å². The van der Waals surface area contributed by atoms with Gasteiger partial charge in [-0.15, -0.1) is 5.10 Å². The summed E-state index contributed by atoms with van der Waals surface area (Å²) in [6.07, 6.45) is 5.61. The second kappa shape index (κ2) is 6.44. The molecule has 0 spiro atoms. The number of amides is 2. The van der Waals surface area contributed by atoms with E-state index in [1.807, 2.05) is 54.9 Å². The number of hydrogen-bond donors (Lipinski definition) is 1. The molecule has 1 aliphatic heterocycles. The van der Waals surface area contributed by atoms with Crippen LogP contribution in [-0.4, -0.2) is 48.1 Å². The number of hydrogen-bond acceptors (Lipinski definition) is 4. The SMILES string of the molecule is CC(C)NC(=O)N1CCCC1c1nnn2cc(-c3ccnn3C)ccc12. The maximum atomic E-state index is 12.5. The molecule has 4 heterocycles. The fourth-order valence-corrected chi connectivity index (χ4v) is 3.58. The number of fused-ring (bicyclic) bond motifs is 1. The lowest BCUT2D eigenvalue weighted by molar-refractivity contribution is 0.190. The number of carbonyl (C=O) groups is 1. The molecule has 2 amide bonds. The average Bonchev–Trinajstić information content (AvgIpc) is 3.31. The van der Waals surface area contributed by atoms with Crippen LogP contribution in [0.2, 0.25) is 0 Å². The minimum atomic E-state index is -0.0335. The smallest absolute Gasteiger partial charge is 0.318 e. The number of carbonyl (C=O) groups excluding carboxylic acids is 1. The largest absolute Gasteiger partial charge is 0.336 e. The average molecular weight is 353 g/mol. The Kier molecular flexibility index (Phi) is 4.10. The lowest BCUT2D eigenvalue weighted by atomic mass is 10.1. The molecule has 0 saturated carbocycles. The van der Waals surface area contributed by atoms with E-state index in [1.165, 1.54) is 0 Å². The summed E-state index contributed by atoms with van der Waals surface area (Å²) in [5.74, 6) is 0. The van der Waals surface area contributed by atoms with Gasteiger partial charge in [-0.1, -0.05) is 5.21 Å². The molecule has 1 atom stereocenters. The van der Waals surface area contributed by atoms with Crippen LogP contribution < -0.4 is 5.32 Å². The summed E-state index contributed by atoms with van der Waals surface area (Å²) in [5, 5.41) is 15.9. The van der Waals surface area contributed by atoms with Crippen LogP contribution in [0.15, 0.2) is 30.6 Å². The molecule has 0 aliphatic carbocycles. The number of aryl methyl sites for hydroxylation is 1. The van der Waals surface area contributed by atoms with Crippen molar-refractivity contribution in [2.75, 3.05) is 6.54 Å². The summed E-state index contributed by atoms with van der Waals surface area (Å²) in [7, 11) is 1.91. The minimum Gasteiger partial charge on any atom is -0.336 e. The second-order valence-electron chi connectivity index (χ2n) is 7.02. The summed E-state index contributed by atoms with van der Waals surface area (Å²) in [6, 6.07) is 6.08. The Morgan fingerprint density at radius 2 is 2.15 bits per heavy atom. The van der Waals surface area contributed by atoms with Gasteiger partial charge >= 0.3 is 6.03 Å². The van der Waals surface area contributed by atoms with Crippen LogP contribution in [0.5, 0.6) is 0 Å². The van der Waals surface area contributed by atoms with Crippen LogP contribution in [0.1, 0.15) is 38.4 Å². The van der Waals surface area contributed by atoms with Gasteiger partial charge < -0.3 is 10.2 Å². The van der Waals surface area contributed by atoms with Crippen molar-refractivity contribution in [1.82, 2.24) is 34.8 Å². The molecule has 0 bridgehead atoms. The molecule has 1 unspecified atom stereocenters. The number of pyridine rings is 1. The van der Waals surface area contributed by atoms with Crippen molar-refractivity contribution in [1.29, 1.82) is 0 Å². The van der Waals surface area contributed by atoms with E-state index < -0.39 is 0 Å². The summed E-state index contributed by atoms with van der Waals surface area (Å²) in [6.45, 7) is 4.68. The Morgan fingerprint density at radius 1 is 1.31 bits per heavy atom. The monoisotopic (exact) mass is 353 g/mol. The van der Waals surface area contributed by atoms with E-state index >= 15 is 0 Å². The van der Waals surface area contributed by atoms with Gasteiger partial charge in [0, 0.05) is 37.6 Å². The van der Waals surface area contributed by atoms with Crippen LogP contribution in [-0.2, 0) is 7.05 Å². The maximum absolute atomic E-state index is 12.5. The zero-order valence-corrected chi connectivity index (χ0v) is 15.3. The van der Waals surface area contributed by atoms with Crippen molar-refractivity contribution in [2.45, 2.75) is 38.8 Å². The molecule has 3 aromatic rings. The topological polar surface area (TPSA) is 80.3 Å². The molecular weight excluding hydrogens is 330 g/mol. The fourth-order valence-electron chi connectivity index (χ4n) is 3.58. The highest BCUT2D eigenvalue weighted by Crippen LogP contribution is 2.33. The van der Waals surface area contributed by atoms with Crippen LogP contribution in [0, 0.1) is 0 Å². The standard InChI is InChI=1S/C18H23N7O/c1-12(2)20-18(26)24-10-4-5-15(24)17-16-7-6-13(11-25(16)22-21-17)14-8-9-19-23(14)3/h6-9,11-12,15H,4-5,10H2,1-3H3,(H,20,26). The molecule has 4 rings (SSSR count). The second-order valence-corrected chi connectivity index (χ2v) is 7.02. The van der Waals surface area contributed by atoms with E-state index in [2.05, 4.69) is 20.7 Å². The van der Waals surface area contributed by atoms with Crippen molar-refractivity contribution < 1.29 is 4.79 Å². The molecular formula is C18H23N7O. The summed E-state index contributed by atoms with van der Waals surface area (Å²) in [5.41, 5.74) is 3.83. The molecule has 1 N–H and O–H groups in total. The van der Waals surface area contributed by atoms with Gasteiger partial charge in [0.2, 0.25) is 0 Å². The van der Waals surface area contributed by atoms with E-state index in [4.69, 9.17) is 0 Å². The van der Waals surface area contributed by atoms with E-state index in [9.17, 15) is 4.79 Å². The van der Waals surface area contributed by atoms with Crippen LogP contribution in [0.4, 0.5) is 4.79 Å². The number of likely N-dealkylation sites (tertiary alicyclic amines) is 1. The first-order chi connectivity index (χ1) is 12.5. The summed E-state index contributed by atoms with van der Waals surface area (Å²) < 4.78 is 3.61. The van der Waals surface area contributed by atoms with Gasteiger partial charge in [-0.05, 0) is 44.9 Å². The quantitative estimate of drug-likeness (QED) is 0.784. The highest BCUT2D eigenvalue weighted by Gasteiger charge is 2.33. The highest BCUT2D eigenvalue weighted by atomic mass is 16.2. The van der Waals surface area contributed by atoms with Crippen LogP contribution in [0.3, 0.4) is 0 Å². The van der Waals surface area contributed by atoms with Gasteiger partial charge in [-0.3, -0.25) is 4.68 Å². The number of rotatable bonds is 3. The Balaban J connectivity index is 1.67. The Bertz CT molecular complexity index is 942. The lowest BCUT2D eigenvalue weighted by Gasteiger charge is -2.24. The summed E-state index contributed by atoms with van der Waals surface area (Å²) >= 11 is 0. The molecule has 8 nitrogen and oxygen atoms in total. The van der Waals surface area contributed by atoms with Crippen molar-refractivity contribution in [2.24, 2.45) is 7.05 Å². The first-order valence-electron chi connectivity index (χ1n) is 8.95. The fraction of sp³-hybridized carbons (Fsp3) is 0.444. The van der Waals surface area contributed by atoms with Crippen LogP contribution >= 0.6 is 0 Å². The zero-order valence-electron chi connectivity index (χ0n) is 15.3. The predicted molar refractivity (Wildman–Crippen MR) is 97.5 cm³/mol. The number of urea groups is 1. The van der Waals surface area contributed by atoms with Crippen molar-refractivity contribution in [3.63, 3.8) is 0 Å². The first-order valence-corrected chi connectivity index (χ1v) is 8.95. The van der Waals surface area contributed by atoms with E-state index in [0.29, 0.717) is 0 Å². The van der Waals surface area contributed by atoms with Gasteiger partial charge in [0.1, 0.15) is 5.69 Å². The van der Waals surface area contributed by atoms with E-state index in [0.717, 1.165) is 41.9 Å². The van der Waals surface area contributed by atoms with Crippen molar-refractivity contribution in [3.8, 4) is 11.3 Å². The molecule has 0 radical (unpaired) electrons. The summed E-state index contributed by atoms with van der Waals surface area (Å²) in [4.78, 5) is 14.4. The van der Waals surface area contributed by atoms with Gasteiger partial charge in [-0.2, -0.15) is 5.10 Å². The van der Waals surface area contributed by atoms with E-state index in [-0.39, 0.29) is 18.1 Å². The van der Waals surface area contributed by atoms with Crippen LogP contribution in [0.25, 0.3) is 16.8 Å². The number of aromatic nitrogens is 5. The van der Waals surface area contributed by atoms with Gasteiger partial charge in [0.25, 0.3) is 0 Å². The Morgan fingerprint density at radius 3 is 2.88 bits per heavy atom. The number of nitrogens with zero attached hydrogens (tertiary/aromatic N) is 6. The van der Waals surface area contributed by atoms with Gasteiger partial charge in [-0.25, -0.2) is 9.31 Å². The molecule has 1 fully saturated rings. The van der Waals surface area contributed by atoms with Crippen molar-refractivity contribution in [3.05, 3.63) is 36.3 Å². The number of nitrogens with one attached hydrogen (secondary N) is 1. The minimum absolute atomic E-state index is 0.0323. The Labute approximate surface area is 151 Å². The third-order valence-corrected chi connectivity index (χ3v) is 4.80. The zero-order chi connectivity index (χ0) is 18.3. The molecule has 3 aromatic heterocycles. The highest BCUT2D eigenvalue weighted by molar-refractivity contribution is 5.76. The lowest BCUT2D eigenvalue weighted by Crippen LogP contribution is -2.42. The molecule has 8 heteroatoms. The maximum Gasteiger partial charge on any atom is 0.318 e.